The molecule has 1 amide bonds. The Morgan fingerprint density at radius 3 is 2.29 bits per heavy atom. The number of carboxylic acid groups (broad SMARTS) is 1. The van der Waals surface area contributed by atoms with Crippen molar-refractivity contribution in [3.63, 3.8) is 0 Å². The summed E-state index contributed by atoms with van der Waals surface area (Å²) in [7, 11) is 0. The summed E-state index contributed by atoms with van der Waals surface area (Å²) in [5, 5.41) is 9.87. The van der Waals surface area contributed by atoms with E-state index in [-0.39, 0.29) is 13.0 Å². The van der Waals surface area contributed by atoms with Crippen LogP contribution in [0.1, 0.15) is 13.3 Å². The predicted molar refractivity (Wildman–Crippen MR) is 40.5 cm³/mol. The van der Waals surface area contributed by atoms with Crippen LogP contribution in [-0.4, -0.2) is 29.7 Å². The zero-order valence-corrected chi connectivity index (χ0v) is 7.39. The molecule has 0 aromatic heterocycles. The molecule has 0 saturated heterocycles. The van der Waals surface area contributed by atoms with Gasteiger partial charge in [0.15, 0.2) is 0 Å². The summed E-state index contributed by atoms with van der Waals surface area (Å²) < 4.78 is 34.9. The van der Waals surface area contributed by atoms with Crippen LogP contribution in [0.25, 0.3) is 0 Å². The van der Waals surface area contributed by atoms with E-state index >= 15 is 0 Å². The highest BCUT2D eigenvalue weighted by atomic mass is 19.4. The molecule has 0 aliphatic heterocycles. The largest absolute Gasteiger partial charge is 0.481 e. The van der Waals surface area contributed by atoms with E-state index in [0.717, 1.165) is 0 Å². The topological polar surface area (TPSA) is 66.4 Å². The number of carbonyl (C=O) groups is 2. The third-order valence-electron chi connectivity index (χ3n) is 1.39. The van der Waals surface area contributed by atoms with Crippen LogP contribution in [0, 0.1) is 5.92 Å². The first kappa shape index (κ1) is 12.7. The quantitative estimate of drug-likeness (QED) is 0.725. The molecule has 0 rings (SSSR count). The first-order valence-electron chi connectivity index (χ1n) is 3.80. The summed E-state index contributed by atoms with van der Waals surface area (Å²) in [6, 6.07) is 0. The molecule has 4 nitrogen and oxygen atoms in total. The summed E-state index contributed by atoms with van der Waals surface area (Å²) in [5.41, 5.74) is 0. The van der Waals surface area contributed by atoms with Crippen molar-refractivity contribution >= 4 is 11.9 Å². The number of nitrogens with one attached hydrogen (secondary N) is 1. The van der Waals surface area contributed by atoms with Crippen molar-refractivity contribution < 1.29 is 27.9 Å². The lowest BCUT2D eigenvalue weighted by Crippen LogP contribution is -2.39. The molecule has 0 aliphatic carbocycles. The zero-order valence-electron chi connectivity index (χ0n) is 7.39. The van der Waals surface area contributed by atoms with Crippen LogP contribution in [0.3, 0.4) is 0 Å². The van der Waals surface area contributed by atoms with E-state index in [9.17, 15) is 22.8 Å². The van der Waals surface area contributed by atoms with Crippen LogP contribution >= 0.6 is 0 Å². The van der Waals surface area contributed by atoms with E-state index in [1.807, 2.05) is 0 Å². The predicted octanol–water partition coefficient (Wildman–Crippen LogP) is 0.776. The van der Waals surface area contributed by atoms with Gasteiger partial charge in [0.2, 0.25) is 0 Å². The normalized spacial score (nSPS) is 13.4. The van der Waals surface area contributed by atoms with Crippen molar-refractivity contribution in [1.29, 1.82) is 0 Å². The first-order valence-corrected chi connectivity index (χ1v) is 3.80. The van der Waals surface area contributed by atoms with E-state index in [2.05, 4.69) is 0 Å². The molecule has 14 heavy (non-hydrogen) atoms. The van der Waals surface area contributed by atoms with Gasteiger partial charge < -0.3 is 10.4 Å². The van der Waals surface area contributed by atoms with Crippen molar-refractivity contribution in [2.45, 2.75) is 19.5 Å². The molecule has 0 aliphatic rings. The Labute approximate surface area is 78.1 Å². The third-order valence-corrected chi connectivity index (χ3v) is 1.39. The van der Waals surface area contributed by atoms with Crippen molar-refractivity contribution in [1.82, 2.24) is 5.32 Å². The number of rotatable bonds is 4. The summed E-state index contributed by atoms with van der Waals surface area (Å²) in [4.78, 5) is 20.4. The number of carbonyl (C=O) groups excluding carboxylic acids is 1. The fourth-order valence-corrected chi connectivity index (χ4v) is 0.737. The van der Waals surface area contributed by atoms with Crippen molar-refractivity contribution in [2.24, 2.45) is 5.92 Å². The highest BCUT2D eigenvalue weighted by Gasteiger charge is 2.38. The van der Waals surface area contributed by atoms with Crippen LogP contribution in [0.15, 0.2) is 0 Å². The van der Waals surface area contributed by atoms with Crippen LogP contribution in [0.5, 0.6) is 0 Å². The van der Waals surface area contributed by atoms with Gasteiger partial charge in [-0.15, -0.1) is 0 Å². The number of hydrogen-bond donors (Lipinski definition) is 2. The van der Waals surface area contributed by atoms with Gasteiger partial charge in [-0.05, 0) is 5.92 Å². The maximum absolute atomic E-state index is 11.6. The third kappa shape index (κ3) is 5.39. The van der Waals surface area contributed by atoms with E-state index in [4.69, 9.17) is 5.11 Å². The Bertz CT molecular complexity index is 227. The van der Waals surface area contributed by atoms with Gasteiger partial charge in [-0.1, -0.05) is 6.92 Å². The lowest BCUT2D eigenvalue weighted by atomic mass is 10.1. The average Bonchev–Trinajstić information content (AvgIpc) is 1.96. The summed E-state index contributed by atoms with van der Waals surface area (Å²) in [6.07, 6.45) is -5.19. The maximum atomic E-state index is 11.6. The molecule has 0 aromatic rings. The van der Waals surface area contributed by atoms with Crippen LogP contribution < -0.4 is 5.32 Å². The maximum Gasteiger partial charge on any atom is 0.471 e. The summed E-state index contributed by atoms with van der Waals surface area (Å²) in [5.74, 6) is -3.69. The number of amides is 1. The van der Waals surface area contributed by atoms with E-state index in [1.54, 1.807) is 5.32 Å². The number of carboxylic acids is 1. The molecule has 0 saturated carbocycles. The Morgan fingerprint density at radius 1 is 1.43 bits per heavy atom. The van der Waals surface area contributed by atoms with E-state index in [1.165, 1.54) is 6.92 Å². The van der Waals surface area contributed by atoms with Gasteiger partial charge in [0.25, 0.3) is 0 Å². The average molecular weight is 213 g/mol. The van der Waals surface area contributed by atoms with Gasteiger partial charge in [-0.3, -0.25) is 9.59 Å². The molecule has 0 aromatic carbocycles. The molecular weight excluding hydrogens is 203 g/mol. The lowest BCUT2D eigenvalue weighted by Gasteiger charge is -2.11. The second-order valence-electron chi connectivity index (χ2n) is 2.91. The molecule has 7 heteroatoms. The number of alkyl halides is 3. The number of halogens is 3. The summed E-state index contributed by atoms with van der Waals surface area (Å²) in [6.45, 7) is 1.13. The fraction of sp³-hybridized carbons (Fsp3) is 0.714. The molecule has 1 atom stereocenters. The minimum Gasteiger partial charge on any atom is -0.481 e. The Hall–Kier alpha value is -1.27. The molecular formula is C7H10F3NO3. The highest BCUT2D eigenvalue weighted by Crippen LogP contribution is 2.14. The Kier molecular flexibility index (Phi) is 4.39. The van der Waals surface area contributed by atoms with Crippen LogP contribution in [0.4, 0.5) is 13.2 Å². The van der Waals surface area contributed by atoms with Gasteiger partial charge in [0, 0.05) is 13.0 Å². The smallest absolute Gasteiger partial charge is 0.471 e. The molecule has 2 N–H and O–H groups in total. The fourth-order valence-electron chi connectivity index (χ4n) is 0.737. The Balaban J connectivity index is 3.84. The minimum absolute atomic E-state index is 0.280. The zero-order chi connectivity index (χ0) is 11.4. The van der Waals surface area contributed by atoms with Crippen LogP contribution in [-0.2, 0) is 9.59 Å². The van der Waals surface area contributed by atoms with E-state index in [0.29, 0.717) is 0 Å². The van der Waals surface area contributed by atoms with Crippen molar-refractivity contribution in [3.05, 3.63) is 0 Å². The molecule has 82 valence electrons. The Morgan fingerprint density at radius 2 is 1.93 bits per heavy atom. The van der Waals surface area contributed by atoms with Crippen LogP contribution in [0.2, 0.25) is 0 Å². The molecule has 0 unspecified atom stereocenters. The number of aliphatic carboxylic acids is 1. The standard InChI is InChI=1S/C7H10F3NO3/c1-4(2-5(12)13)3-11-6(14)7(8,9)10/h4H,2-3H2,1H3,(H,11,14)(H,12,13)/t4-/m0/s1. The van der Waals surface area contributed by atoms with Crippen molar-refractivity contribution in [3.8, 4) is 0 Å². The molecule has 0 radical (unpaired) electrons. The first-order chi connectivity index (χ1) is 6.23. The van der Waals surface area contributed by atoms with Gasteiger partial charge in [-0.2, -0.15) is 13.2 Å². The monoisotopic (exact) mass is 213 g/mol. The van der Waals surface area contributed by atoms with Gasteiger partial charge in [0.1, 0.15) is 0 Å². The van der Waals surface area contributed by atoms with Crippen molar-refractivity contribution in [2.75, 3.05) is 6.54 Å². The highest BCUT2D eigenvalue weighted by molar-refractivity contribution is 5.81. The van der Waals surface area contributed by atoms with Gasteiger partial charge in [-0.25, -0.2) is 0 Å². The lowest BCUT2D eigenvalue weighted by molar-refractivity contribution is -0.173. The second kappa shape index (κ2) is 4.83. The second-order valence-corrected chi connectivity index (χ2v) is 2.91. The minimum atomic E-state index is -4.91. The van der Waals surface area contributed by atoms with Gasteiger partial charge >= 0.3 is 18.1 Å². The van der Waals surface area contributed by atoms with E-state index < -0.39 is 24.0 Å². The molecule has 0 spiro atoms. The molecule has 0 bridgehead atoms. The summed E-state index contributed by atoms with van der Waals surface area (Å²) >= 11 is 0. The SMILES string of the molecule is C[C@H](CNC(=O)C(F)(F)F)CC(=O)O. The van der Waals surface area contributed by atoms with Gasteiger partial charge in [0.05, 0.1) is 0 Å². The number of hydrogen-bond acceptors (Lipinski definition) is 2. The molecule has 0 heterocycles. The molecule has 0 fully saturated rings.